The van der Waals surface area contributed by atoms with Gasteiger partial charge in [-0.15, -0.1) is 0 Å². The molecule has 162 valence electrons. The van der Waals surface area contributed by atoms with Crippen LogP contribution in [0, 0.1) is 0 Å². The molecule has 5 nitrogen and oxygen atoms in total. The van der Waals surface area contributed by atoms with Gasteiger partial charge in [-0.05, 0) is 19.3 Å². The van der Waals surface area contributed by atoms with E-state index >= 15 is 0 Å². The fourth-order valence-corrected chi connectivity index (χ4v) is 3.16. The van der Waals surface area contributed by atoms with Gasteiger partial charge in [0.05, 0.1) is 0 Å². The topological polar surface area (TPSA) is 83.5 Å². The summed E-state index contributed by atoms with van der Waals surface area (Å²) < 4.78 is 0. The Balaban J connectivity index is 3.51. The smallest absolute Gasteiger partial charge is 0.326 e. The van der Waals surface area contributed by atoms with E-state index in [9.17, 15) is 14.4 Å². The molecule has 0 aromatic carbocycles. The second kappa shape index (κ2) is 20.1. The highest BCUT2D eigenvalue weighted by atomic mass is 16.4. The number of aliphatic carboxylic acids is 1. The monoisotopic (exact) mass is 395 g/mol. The quantitative estimate of drug-likeness (QED) is 0.160. The summed E-state index contributed by atoms with van der Waals surface area (Å²) in [6, 6.07) is -0.984. The number of carboxylic acid groups (broad SMARTS) is 1. The van der Waals surface area contributed by atoms with Crippen LogP contribution >= 0.6 is 0 Å². The zero-order valence-electron chi connectivity index (χ0n) is 17.8. The number of aldehydes is 1. The summed E-state index contributed by atoms with van der Waals surface area (Å²) in [5.41, 5.74) is 0. The van der Waals surface area contributed by atoms with Crippen molar-refractivity contribution in [1.82, 2.24) is 5.32 Å². The van der Waals surface area contributed by atoms with Gasteiger partial charge in [0.15, 0.2) is 0 Å². The molecule has 1 atom stereocenters. The van der Waals surface area contributed by atoms with Crippen LogP contribution in [0.2, 0.25) is 0 Å². The van der Waals surface area contributed by atoms with Gasteiger partial charge in [-0.1, -0.05) is 89.7 Å². The molecule has 0 spiro atoms. The molecule has 0 saturated heterocycles. The summed E-state index contributed by atoms with van der Waals surface area (Å²) in [6.07, 6.45) is 21.8. The summed E-state index contributed by atoms with van der Waals surface area (Å²) in [7, 11) is 0. The Kier molecular flexibility index (Phi) is 18.9. The second-order valence-corrected chi connectivity index (χ2v) is 7.56. The Morgan fingerprint density at radius 3 is 1.86 bits per heavy atom. The highest BCUT2D eigenvalue weighted by Gasteiger charge is 2.18. The lowest BCUT2D eigenvalue weighted by Gasteiger charge is -2.12. The van der Waals surface area contributed by atoms with Crippen LogP contribution in [0.3, 0.4) is 0 Å². The zero-order valence-corrected chi connectivity index (χ0v) is 17.8. The van der Waals surface area contributed by atoms with Crippen LogP contribution in [0.1, 0.15) is 110 Å². The fourth-order valence-electron chi connectivity index (χ4n) is 3.16. The molecule has 0 bridgehead atoms. The van der Waals surface area contributed by atoms with E-state index in [-0.39, 0.29) is 25.2 Å². The van der Waals surface area contributed by atoms with Crippen molar-refractivity contribution in [3.63, 3.8) is 0 Å². The highest BCUT2D eigenvalue weighted by molar-refractivity contribution is 5.84. The summed E-state index contributed by atoms with van der Waals surface area (Å²) >= 11 is 0. The molecule has 0 aromatic heterocycles. The number of unbranched alkanes of at least 4 members (excludes halogenated alkanes) is 12. The summed E-state index contributed by atoms with van der Waals surface area (Å²) in [5.74, 6) is -1.42. The van der Waals surface area contributed by atoms with Crippen LogP contribution in [0.5, 0.6) is 0 Å². The first-order chi connectivity index (χ1) is 13.6. The van der Waals surface area contributed by atoms with E-state index < -0.39 is 12.0 Å². The molecule has 0 radical (unpaired) electrons. The van der Waals surface area contributed by atoms with Crippen molar-refractivity contribution in [2.24, 2.45) is 0 Å². The van der Waals surface area contributed by atoms with Crippen molar-refractivity contribution >= 4 is 18.2 Å². The van der Waals surface area contributed by atoms with Crippen molar-refractivity contribution in [1.29, 1.82) is 0 Å². The minimum absolute atomic E-state index is 0.131. The second-order valence-electron chi connectivity index (χ2n) is 7.56. The Labute approximate surface area is 171 Å². The molecule has 0 aliphatic carbocycles. The van der Waals surface area contributed by atoms with Crippen LogP contribution in [0.15, 0.2) is 12.2 Å². The number of allylic oxidation sites excluding steroid dienone is 1. The lowest BCUT2D eigenvalue weighted by atomic mass is 10.0. The number of hydrogen-bond acceptors (Lipinski definition) is 3. The molecule has 0 saturated carbocycles. The van der Waals surface area contributed by atoms with Gasteiger partial charge < -0.3 is 15.2 Å². The Hall–Kier alpha value is -1.65. The van der Waals surface area contributed by atoms with Crippen LogP contribution in [-0.2, 0) is 14.4 Å². The summed E-state index contributed by atoms with van der Waals surface area (Å²) in [6.45, 7) is 2.25. The molecule has 0 aromatic rings. The van der Waals surface area contributed by atoms with Gasteiger partial charge in [-0.3, -0.25) is 4.79 Å². The molecule has 0 heterocycles. The molecule has 0 fully saturated rings. The maximum atomic E-state index is 11.7. The van der Waals surface area contributed by atoms with Gasteiger partial charge in [0.25, 0.3) is 0 Å². The van der Waals surface area contributed by atoms with Gasteiger partial charge in [-0.25, -0.2) is 4.79 Å². The molecular formula is C23H41NO4. The summed E-state index contributed by atoms with van der Waals surface area (Å²) in [4.78, 5) is 33.1. The lowest BCUT2D eigenvalue weighted by molar-refractivity contribution is -0.141. The maximum absolute atomic E-state index is 11.7. The number of hydrogen-bond donors (Lipinski definition) is 2. The Morgan fingerprint density at radius 1 is 0.821 bits per heavy atom. The van der Waals surface area contributed by atoms with E-state index in [1.807, 2.05) is 6.08 Å². The van der Waals surface area contributed by atoms with Crippen LogP contribution in [0.25, 0.3) is 0 Å². The zero-order chi connectivity index (χ0) is 20.9. The number of amides is 1. The third-order valence-electron chi connectivity index (χ3n) is 4.90. The number of carboxylic acids is 1. The van der Waals surface area contributed by atoms with Crippen molar-refractivity contribution < 1.29 is 19.5 Å². The predicted molar refractivity (Wildman–Crippen MR) is 114 cm³/mol. The molecule has 0 unspecified atom stereocenters. The third-order valence-corrected chi connectivity index (χ3v) is 4.90. The van der Waals surface area contributed by atoms with Crippen LogP contribution < -0.4 is 5.32 Å². The lowest BCUT2D eigenvalue weighted by Crippen LogP contribution is -2.40. The Morgan fingerprint density at radius 2 is 1.36 bits per heavy atom. The largest absolute Gasteiger partial charge is 0.480 e. The van der Waals surface area contributed by atoms with Gasteiger partial charge in [0.1, 0.15) is 12.3 Å². The molecule has 2 N–H and O–H groups in total. The van der Waals surface area contributed by atoms with Gasteiger partial charge in [-0.2, -0.15) is 0 Å². The van der Waals surface area contributed by atoms with E-state index in [2.05, 4.69) is 12.2 Å². The first-order valence-electron chi connectivity index (χ1n) is 11.2. The van der Waals surface area contributed by atoms with Crippen molar-refractivity contribution in [2.75, 3.05) is 0 Å². The first kappa shape index (κ1) is 26.4. The third kappa shape index (κ3) is 17.7. The van der Waals surface area contributed by atoms with Gasteiger partial charge in [0.2, 0.25) is 5.91 Å². The van der Waals surface area contributed by atoms with E-state index in [0.29, 0.717) is 6.29 Å². The average Bonchev–Trinajstić information content (AvgIpc) is 2.67. The van der Waals surface area contributed by atoms with Crippen LogP contribution in [0.4, 0.5) is 0 Å². The van der Waals surface area contributed by atoms with Gasteiger partial charge >= 0.3 is 5.97 Å². The van der Waals surface area contributed by atoms with Crippen molar-refractivity contribution in [3.8, 4) is 0 Å². The molecule has 28 heavy (non-hydrogen) atoms. The number of rotatable bonds is 20. The Bertz CT molecular complexity index is 434. The highest BCUT2D eigenvalue weighted by Crippen LogP contribution is 2.12. The van der Waals surface area contributed by atoms with E-state index in [0.717, 1.165) is 12.8 Å². The molecule has 1 amide bonds. The predicted octanol–water partition coefficient (Wildman–Crippen LogP) is 5.57. The number of carbonyl (C=O) groups excluding carboxylic acids is 2. The minimum atomic E-state index is -1.10. The SMILES string of the molecule is CCCCCCCCCCCCCC/C=C\CC(=O)N[C@@H](CCC=O)C(=O)O. The van der Waals surface area contributed by atoms with E-state index in [1.54, 1.807) is 6.08 Å². The standard InChI is InChI=1S/C23H41NO4/c1-2-3-4-5-6-7-8-9-10-11-12-13-14-15-16-19-22(26)24-21(23(27)28)18-17-20-25/h15-16,20-21H,2-14,17-19H2,1H3,(H,24,26)(H,27,28)/b16-15-/t21-/m0/s1. The van der Waals surface area contributed by atoms with Crippen molar-refractivity contribution in [3.05, 3.63) is 12.2 Å². The normalized spacial score (nSPS) is 12.2. The molecular weight excluding hydrogens is 354 g/mol. The first-order valence-corrected chi connectivity index (χ1v) is 11.2. The number of carbonyl (C=O) groups is 3. The van der Waals surface area contributed by atoms with E-state index in [1.165, 1.54) is 70.6 Å². The average molecular weight is 396 g/mol. The molecule has 0 aliphatic rings. The van der Waals surface area contributed by atoms with E-state index in [4.69, 9.17) is 5.11 Å². The minimum Gasteiger partial charge on any atom is -0.480 e. The van der Waals surface area contributed by atoms with Crippen LogP contribution in [-0.4, -0.2) is 29.3 Å². The fraction of sp³-hybridized carbons (Fsp3) is 0.783. The summed E-state index contributed by atoms with van der Waals surface area (Å²) in [5, 5.41) is 11.5. The molecule has 0 aliphatic heterocycles. The molecule has 0 rings (SSSR count). The molecule has 5 heteroatoms. The number of nitrogens with one attached hydrogen (secondary N) is 1. The maximum Gasteiger partial charge on any atom is 0.326 e. The van der Waals surface area contributed by atoms with Gasteiger partial charge in [0, 0.05) is 12.8 Å². The van der Waals surface area contributed by atoms with Crippen molar-refractivity contribution in [2.45, 2.75) is 116 Å².